The van der Waals surface area contributed by atoms with Gasteiger partial charge in [-0.3, -0.25) is 4.90 Å². The Bertz CT molecular complexity index is 409. The van der Waals surface area contributed by atoms with E-state index in [9.17, 15) is 4.39 Å². The van der Waals surface area contributed by atoms with Gasteiger partial charge in [0, 0.05) is 28.7 Å². The van der Waals surface area contributed by atoms with Crippen LogP contribution in [0.4, 0.5) is 4.39 Å². The van der Waals surface area contributed by atoms with E-state index in [0.717, 1.165) is 23.0 Å². The molecule has 0 spiro atoms. The van der Waals surface area contributed by atoms with Crippen molar-refractivity contribution in [1.29, 1.82) is 0 Å². The van der Waals surface area contributed by atoms with Crippen LogP contribution in [-0.2, 0) is 6.54 Å². The zero-order valence-electron chi connectivity index (χ0n) is 10.7. The van der Waals surface area contributed by atoms with Crippen LogP contribution in [0.15, 0.2) is 22.7 Å². The molecular weight excluding hydrogens is 295 g/mol. The van der Waals surface area contributed by atoms with E-state index in [4.69, 9.17) is 5.73 Å². The van der Waals surface area contributed by atoms with Gasteiger partial charge in [-0.15, -0.1) is 0 Å². The number of hydrogen-bond acceptors (Lipinski definition) is 2. The Morgan fingerprint density at radius 1 is 1.50 bits per heavy atom. The normalized spacial score (nSPS) is 23.0. The fourth-order valence-corrected chi connectivity index (χ4v) is 3.01. The van der Waals surface area contributed by atoms with Crippen LogP contribution < -0.4 is 5.73 Å². The molecule has 1 aliphatic heterocycles. The van der Waals surface area contributed by atoms with Crippen molar-refractivity contribution in [3.05, 3.63) is 34.1 Å². The maximum absolute atomic E-state index is 13.8. The zero-order chi connectivity index (χ0) is 13.1. The lowest BCUT2D eigenvalue weighted by molar-refractivity contribution is 0.121. The van der Waals surface area contributed by atoms with E-state index >= 15 is 0 Å². The first-order chi connectivity index (χ1) is 8.58. The largest absolute Gasteiger partial charge is 0.327 e. The van der Waals surface area contributed by atoms with Crippen LogP contribution in [0.2, 0.25) is 0 Å². The van der Waals surface area contributed by atoms with Crippen LogP contribution in [0, 0.1) is 5.82 Å². The fraction of sp³-hybridized carbons (Fsp3) is 0.571. The molecule has 1 fully saturated rings. The molecule has 18 heavy (non-hydrogen) atoms. The summed E-state index contributed by atoms with van der Waals surface area (Å²) < 4.78 is 14.6. The van der Waals surface area contributed by atoms with E-state index in [2.05, 4.69) is 20.8 Å². The molecule has 2 nitrogen and oxygen atoms in total. The Labute approximate surface area is 116 Å². The van der Waals surface area contributed by atoms with Crippen LogP contribution in [0.5, 0.6) is 0 Å². The predicted octanol–water partition coefficient (Wildman–Crippen LogP) is 3.29. The van der Waals surface area contributed by atoms with E-state index in [1.165, 1.54) is 18.9 Å². The van der Waals surface area contributed by atoms with Crippen molar-refractivity contribution in [2.75, 3.05) is 6.54 Å². The van der Waals surface area contributed by atoms with Gasteiger partial charge in [0.25, 0.3) is 0 Å². The van der Waals surface area contributed by atoms with Crippen molar-refractivity contribution in [2.45, 2.75) is 44.8 Å². The quantitative estimate of drug-likeness (QED) is 0.927. The second-order valence-electron chi connectivity index (χ2n) is 5.13. The predicted molar refractivity (Wildman–Crippen MR) is 75.8 cm³/mol. The van der Waals surface area contributed by atoms with Gasteiger partial charge in [0.15, 0.2) is 0 Å². The third kappa shape index (κ3) is 3.31. The van der Waals surface area contributed by atoms with Crippen molar-refractivity contribution in [3.8, 4) is 0 Å². The Morgan fingerprint density at radius 3 is 2.94 bits per heavy atom. The maximum Gasteiger partial charge on any atom is 0.128 e. The summed E-state index contributed by atoms with van der Waals surface area (Å²) in [4.78, 5) is 2.32. The summed E-state index contributed by atoms with van der Waals surface area (Å²) in [6.07, 6.45) is 3.53. The molecule has 0 bridgehead atoms. The standard InChI is InChI=1S/C14H20BrFN2/c1-10(17)14-4-2-3-7-18(14)9-11-5-6-12(15)8-13(11)16/h5-6,8,10,14H,2-4,7,9,17H2,1H3. The van der Waals surface area contributed by atoms with Gasteiger partial charge in [0.1, 0.15) is 5.82 Å². The summed E-state index contributed by atoms with van der Waals surface area (Å²) in [7, 11) is 0. The summed E-state index contributed by atoms with van der Waals surface area (Å²) in [5, 5.41) is 0. The summed E-state index contributed by atoms with van der Waals surface area (Å²) >= 11 is 3.28. The van der Waals surface area contributed by atoms with Crippen molar-refractivity contribution < 1.29 is 4.39 Å². The molecule has 1 heterocycles. The molecule has 0 aliphatic carbocycles. The second kappa shape index (κ2) is 6.13. The molecule has 2 atom stereocenters. The maximum atomic E-state index is 13.8. The molecule has 2 rings (SSSR count). The fourth-order valence-electron chi connectivity index (χ4n) is 2.68. The molecule has 4 heteroatoms. The van der Waals surface area contributed by atoms with Gasteiger partial charge in [0.2, 0.25) is 0 Å². The van der Waals surface area contributed by atoms with Crippen molar-refractivity contribution in [2.24, 2.45) is 5.73 Å². The number of piperidine rings is 1. The minimum absolute atomic E-state index is 0.140. The lowest BCUT2D eigenvalue weighted by Crippen LogP contribution is -2.48. The zero-order valence-corrected chi connectivity index (χ0v) is 12.3. The van der Waals surface area contributed by atoms with Gasteiger partial charge in [-0.1, -0.05) is 28.4 Å². The SMILES string of the molecule is CC(N)C1CCCCN1Cc1ccc(Br)cc1F. The lowest BCUT2D eigenvalue weighted by Gasteiger charge is -2.38. The highest BCUT2D eigenvalue weighted by atomic mass is 79.9. The average Bonchev–Trinajstić information content (AvgIpc) is 2.33. The van der Waals surface area contributed by atoms with Gasteiger partial charge >= 0.3 is 0 Å². The van der Waals surface area contributed by atoms with Crippen LogP contribution in [0.3, 0.4) is 0 Å². The Morgan fingerprint density at radius 2 is 2.28 bits per heavy atom. The first-order valence-corrected chi connectivity index (χ1v) is 7.31. The average molecular weight is 315 g/mol. The monoisotopic (exact) mass is 314 g/mol. The van der Waals surface area contributed by atoms with Gasteiger partial charge in [-0.05, 0) is 38.4 Å². The van der Waals surface area contributed by atoms with E-state index < -0.39 is 0 Å². The summed E-state index contributed by atoms with van der Waals surface area (Å²) in [5.74, 6) is -0.140. The van der Waals surface area contributed by atoms with Crippen LogP contribution in [-0.4, -0.2) is 23.5 Å². The highest BCUT2D eigenvalue weighted by Gasteiger charge is 2.25. The summed E-state index contributed by atoms with van der Waals surface area (Å²) in [6.45, 7) is 3.72. The van der Waals surface area contributed by atoms with Crippen molar-refractivity contribution in [3.63, 3.8) is 0 Å². The first kappa shape index (κ1) is 14.0. The minimum Gasteiger partial charge on any atom is -0.327 e. The first-order valence-electron chi connectivity index (χ1n) is 6.51. The number of rotatable bonds is 3. The molecule has 2 unspecified atom stereocenters. The van der Waals surface area contributed by atoms with E-state index in [0.29, 0.717) is 12.6 Å². The summed E-state index contributed by atoms with van der Waals surface area (Å²) in [5.41, 5.74) is 6.79. The van der Waals surface area contributed by atoms with Crippen molar-refractivity contribution >= 4 is 15.9 Å². The Balaban J connectivity index is 2.11. The molecule has 1 aromatic rings. The number of benzene rings is 1. The Kier molecular flexibility index (Phi) is 4.76. The molecule has 100 valence electrons. The van der Waals surface area contributed by atoms with Crippen molar-refractivity contribution in [1.82, 2.24) is 4.90 Å². The Hall–Kier alpha value is -0.450. The third-order valence-electron chi connectivity index (χ3n) is 3.66. The van der Waals surface area contributed by atoms with Gasteiger partial charge in [-0.25, -0.2) is 4.39 Å². The summed E-state index contributed by atoms with van der Waals surface area (Å²) in [6, 6.07) is 5.79. The molecule has 0 aromatic heterocycles. The molecule has 1 aliphatic rings. The molecule has 0 radical (unpaired) electrons. The highest BCUT2D eigenvalue weighted by molar-refractivity contribution is 9.10. The smallest absolute Gasteiger partial charge is 0.128 e. The van der Waals surface area contributed by atoms with Gasteiger partial charge < -0.3 is 5.73 Å². The number of halogens is 2. The van der Waals surface area contributed by atoms with E-state index in [-0.39, 0.29) is 11.9 Å². The van der Waals surface area contributed by atoms with Gasteiger partial charge in [0.05, 0.1) is 0 Å². The molecule has 2 N–H and O–H groups in total. The van der Waals surface area contributed by atoms with Gasteiger partial charge in [-0.2, -0.15) is 0 Å². The topological polar surface area (TPSA) is 29.3 Å². The number of nitrogens with zero attached hydrogens (tertiary/aromatic N) is 1. The molecule has 0 saturated carbocycles. The van der Waals surface area contributed by atoms with Crippen LogP contribution >= 0.6 is 15.9 Å². The molecule has 1 saturated heterocycles. The van der Waals surface area contributed by atoms with Crippen LogP contribution in [0.25, 0.3) is 0 Å². The van der Waals surface area contributed by atoms with Crippen LogP contribution in [0.1, 0.15) is 31.7 Å². The minimum atomic E-state index is -0.140. The third-order valence-corrected chi connectivity index (χ3v) is 4.15. The number of nitrogens with two attached hydrogens (primary N) is 1. The number of likely N-dealkylation sites (tertiary alicyclic amines) is 1. The molecule has 1 aromatic carbocycles. The molecular formula is C14H20BrFN2. The lowest BCUT2D eigenvalue weighted by atomic mass is 9.96. The second-order valence-corrected chi connectivity index (χ2v) is 6.04. The number of hydrogen-bond donors (Lipinski definition) is 1. The molecule has 0 amide bonds. The van der Waals surface area contributed by atoms with E-state index in [1.807, 2.05) is 19.1 Å². The highest BCUT2D eigenvalue weighted by Crippen LogP contribution is 2.23. The van der Waals surface area contributed by atoms with E-state index in [1.54, 1.807) is 0 Å².